The molecule has 0 unspecified atom stereocenters. The Morgan fingerprint density at radius 1 is 1.46 bits per heavy atom. The number of hydrogen-bond donors (Lipinski definition) is 2. The number of fused-ring (bicyclic) bond motifs is 1. The molecule has 3 rings (SSSR count). The van der Waals surface area contributed by atoms with Crippen molar-refractivity contribution < 1.29 is 4.39 Å². The third-order valence-corrected chi connectivity index (χ3v) is 6.17. The third kappa shape index (κ3) is 3.69. The number of nitrogens with two attached hydrogens (primary N) is 1. The Morgan fingerprint density at radius 3 is 2.92 bits per heavy atom. The molecule has 128 valence electrons. The lowest BCUT2D eigenvalue weighted by Crippen LogP contribution is -2.31. The van der Waals surface area contributed by atoms with Crippen molar-refractivity contribution in [2.45, 2.75) is 39.0 Å². The molecule has 0 saturated heterocycles. The zero-order valence-electron chi connectivity index (χ0n) is 13.3. The average molecular weight is 385 g/mol. The van der Waals surface area contributed by atoms with E-state index in [2.05, 4.69) is 15.3 Å². The fraction of sp³-hybridized carbons (Fsp3) is 0.375. The van der Waals surface area contributed by atoms with Gasteiger partial charge in [0.1, 0.15) is 16.3 Å². The molecule has 0 spiro atoms. The van der Waals surface area contributed by atoms with Gasteiger partial charge in [-0.2, -0.15) is 0 Å². The van der Waals surface area contributed by atoms with E-state index >= 15 is 0 Å². The van der Waals surface area contributed by atoms with Gasteiger partial charge in [-0.3, -0.25) is 0 Å². The van der Waals surface area contributed by atoms with Crippen molar-refractivity contribution in [1.29, 1.82) is 0 Å². The van der Waals surface area contributed by atoms with Crippen molar-refractivity contribution in [2.24, 2.45) is 5.73 Å². The molecule has 3 aromatic rings. The lowest BCUT2D eigenvalue weighted by molar-refractivity contribution is 0.305. The van der Waals surface area contributed by atoms with Gasteiger partial charge in [-0.05, 0) is 19.4 Å². The van der Waals surface area contributed by atoms with E-state index in [0.29, 0.717) is 18.1 Å². The normalized spacial score (nSPS) is 14.0. The molecule has 0 aliphatic rings. The molecule has 0 saturated carbocycles. The topological polar surface area (TPSA) is 63.8 Å². The van der Waals surface area contributed by atoms with Gasteiger partial charge in [0.25, 0.3) is 0 Å². The molecular formula is C16H18ClFN4S2. The summed E-state index contributed by atoms with van der Waals surface area (Å²) in [7, 11) is 0. The average Bonchev–Trinajstić information content (AvgIpc) is 3.15. The first-order valence-corrected chi connectivity index (χ1v) is 9.63. The van der Waals surface area contributed by atoms with E-state index in [0.717, 1.165) is 31.4 Å². The SMILES string of the molecule is Cc1c(C[C@@H](N)[C@H](C)F)sc2c(NCc3nccs3)cc(Cl)nc12. The molecule has 0 aliphatic carbocycles. The summed E-state index contributed by atoms with van der Waals surface area (Å²) in [5.74, 6) is 0. The number of hydrogen-bond acceptors (Lipinski definition) is 6. The van der Waals surface area contributed by atoms with E-state index in [1.54, 1.807) is 28.9 Å². The van der Waals surface area contributed by atoms with Crippen LogP contribution in [-0.4, -0.2) is 22.2 Å². The summed E-state index contributed by atoms with van der Waals surface area (Å²) in [4.78, 5) is 9.76. The van der Waals surface area contributed by atoms with Gasteiger partial charge in [0, 0.05) is 35.0 Å². The standard InChI is InChI=1S/C16H18ClFN4S2/c1-8-12(5-10(19)9(2)18)24-16-11(6-13(17)22-15(8)16)21-7-14-20-3-4-23-14/h3-4,6,9-10H,5,7,19H2,1-2H3,(H,21,22)/t9-,10+/m0/s1. The van der Waals surface area contributed by atoms with Gasteiger partial charge in [-0.25, -0.2) is 14.4 Å². The molecule has 24 heavy (non-hydrogen) atoms. The zero-order chi connectivity index (χ0) is 17.3. The Bertz CT molecular complexity index is 832. The second-order valence-electron chi connectivity index (χ2n) is 5.65. The number of rotatable bonds is 6. The van der Waals surface area contributed by atoms with Crippen LogP contribution in [0.25, 0.3) is 10.2 Å². The minimum atomic E-state index is -1.05. The van der Waals surface area contributed by atoms with Crippen molar-refractivity contribution in [1.82, 2.24) is 9.97 Å². The first-order valence-electron chi connectivity index (χ1n) is 7.56. The Morgan fingerprint density at radius 2 is 2.25 bits per heavy atom. The van der Waals surface area contributed by atoms with Gasteiger partial charge in [0.15, 0.2) is 0 Å². The molecule has 2 atom stereocenters. The van der Waals surface area contributed by atoms with E-state index in [4.69, 9.17) is 17.3 Å². The molecule has 3 N–H and O–H groups in total. The number of pyridine rings is 1. The van der Waals surface area contributed by atoms with Gasteiger partial charge in [0.2, 0.25) is 0 Å². The van der Waals surface area contributed by atoms with Gasteiger partial charge in [-0.1, -0.05) is 11.6 Å². The molecule has 0 amide bonds. The van der Waals surface area contributed by atoms with E-state index < -0.39 is 12.2 Å². The molecule has 3 aromatic heterocycles. The summed E-state index contributed by atoms with van der Waals surface area (Å²) in [6, 6.07) is 1.30. The number of nitrogens with one attached hydrogen (secondary N) is 1. The van der Waals surface area contributed by atoms with E-state index in [9.17, 15) is 4.39 Å². The first kappa shape index (κ1) is 17.5. The largest absolute Gasteiger partial charge is 0.377 e. The van der Waals surface area contributed by atoms with Crippen molar-refractivity contribution in [2.75, 3.05) is 5.32 Å². The van der Waals surface area contributed by atoms with Crippen molar-refractivity contribution >= 4 is 50.2 Å². The number of anilines is 1. The summed E-state index contributed by atoms with van der Waals surface area (Å²) < 4.78 is 14.4. The molecule has 0 aromatic carbocycles. The molecule has 4 nitrogen and oxygen atoms in total. The fourth-order valence-corrected chi connectivity index (χ4v) is 4.46. The van der Waals surface area contributed by atoms with E-state index in [-0.39, 0.29) is 0 Å². The van der Waals surface area contributed by atoms with Gasteiger partial charge >= 0.3 is 0 Å². The highest BCUT2D eigenvalue weighted by Gasteiger charge is 2.19. The highest BCUT2D eigenvalue weighted by molar-refractivity contribution is 7.19. The number of aryl methyl sites for hydroxylation is 1. The molecule has 0 fully saturated rings. The highest BCUT2D eigenvalue weighted by atomic mass is 35.5. The molecule has 8 heteroatoms. The fourth-order valence-electron chi connectivity index (χ4n) is 2.40. The van der Waals surface area contributed by atoms with Crippen LogP contribution in [0.5, 0.6) is 0 Å². The summed E-state index contributed by atoms with van der Waals surface area (Å²) in [5, 5.41) is 6.75. The predicted molar refractivity (Wildman–Crippen MR) is 101 cm³/mol. The summed E-state index contributed by atoms with van der Waals surface area (Å²) in [6.07, 6.45) is 1.23. The van der Waals surface area contributed by atoms with Crippen LogP contribution in [0.1, 0.15) is 22.4 Å². The van der Waals surface area contributed by atoms with Crippen molar-refractivity contribution in [3.63, 3.8) is 0 Å². The Hall–Kier alpha value is -1.28. The predicted octanol–water partition coefficient (Wildman–Crippen LogP) is 4.55. The quantitative estimate of drug-likeness (QED) is 0.612. The lowest BCUT2D eigenvalue weighted by atomic mass is 10.1. The Labute approximate surface area is 152 Å². The molecular weight excluding hydrogens is 367 g/mol. The number of alkyl halides is 1. The Balaban J connectivity index is 1.94. The molecule has 3 heterocycles. The van der Waals surface area contributed by atoms with Gasteiger partial charge in [-0.15, -0.1) is 22.7 Å². The van der Waals surface area contributed by atoms with Crippen LogP contribution in [0.3, 0.4) is 0 Å². The van der Waals surface area contributed by atoms with Crippen LogP contribution in [0.4, 0.5) is 10.1 Å². The minimum Gasteiger partial charge on any atom is -0.377 e. The zero-order valence-corrected chi connectivity index (χ0v) is 15.7. The summed E-state index contributed by atoms with van der Waals surface area (Å²) in [6.45, 7) is 4.10. The van der Waals surface area contributed by atoms with E-state index in [1.807, 2.05) is 18.4 Å². The summed E-state index contributed by atoms with van der Waals surface area (Å²) >= 11 is 9.37. The second kappa shape index (κ2) is 7.31. The lowest BCUT2D eigenvalue weighted by Gasteiger charge is -2.11. The third-order valence-electron chi connectivity index (χ3n) is 3.87. The number of aromatic nitrogens is 2. The van der Waals surface area contributed by atoms with Crippen molar-refractivity contribution in [3.05, 3.63) is 38.2 Å². The molecule has 0 aliphatic heterocycles. The van der Waals surface area contributed by atoms with Crippen LogP contribution < -0.4 is 11.1 Å². The number of thiophene rings is 1. The molecule has 0 bridgehead atoms. The maximum absolute atomic E-state index is 13.4. The monoisotopic (exact) mass is 384 g/mol. The highest BCUT2D eigenvalue weighted by Crippen LogP contribution is 2.37. The van der Waals surface area contributed by atoms with Crippen molar-refractivity contribution in [3.8, 4) is 0 Å². The van der Waals surface area contributed by atoms with Crippen LogP contribution in [0, 0.1) is 6.92 Å². The van der Waals surface area contributed by atoms with Crippen LogP contribution >= 0.6 is 34.3 Å². The first-order chi connectivity index (χ1) is 11.5. The van der Waals surface area contributed by atoms with Crippen LogP contribution in [0.2, 0.25) is 5.15 Å². The van der Waals surface area contributed by atoms with Gasteiger partial charge < -0.3 is 11.1 Å². The van der Waals surface area contributed by atoms with Crippen LogP contribution in [-0.2, 0) is 13.0 Å². The minimum absolute atomic E-state index is 0.430. The maximum atomic E-state index is 13.4. The van der Waals surface area contributed by atoms with Gasteiger partial charge in [0.05, 0.1) is 22.4 Å². The number of thiazole rings is 1. The Kier molecular flexibility index (Phi) is 5.34. The number of nitrogens with zero attached hydrogens (tertiary/aromatic N) is 2. The van der Waals surface area contributed by atoms with Crippen LogP contribution in [0.15, 0.2) is 17.6 Å². The number of halogens is 2. The maximum Gasteiger partial charge on any atom is 0.131 e. The summed E-state index contributed by atoms with van der Waals surface area (Å²) in [5.41, 5.74) is 8.68. The van der Waals surface area contributed by atoms with E-state index in [1.165, 1.54) is 6.92 Å². The smallest absolute Gasteiger partial charge is 0.131 e. The molecule has 0 radical (unpaired) electrons. The second-order valence-corrected chi connectivity index (χ2v) is 8.12.